The van der Waals surface area contributed by atoms with Crippen LogP contribution in [-0.2, 0) is 0 Å². The van der Waals surface area contributed by atoms with Gasteiger partial charge in [0.25, 0.3) is 0 Å². The summed E-state index contributed by atoms with van der Waals surface area (Å²) in [6, 6.07) is 21.3. The third-order valence-electron chi connectivity index (χ3n) is 5.27. The van der Waals surface area contributed by atoms with Crippen LogP contribution in [0.2, 0.25) is 5.15 Å². The number of rotatable bonds is 2. The van der Waals surface area contributed by atoms with Gasteiger partial charge in [-0.05, 0) is 42.5 Å². The van der Waals surface area contributed by atoms with Gasteiger partial charge in [-0.15, -0.1) is 0 Å². The second-order valence-electron chi connectivity index (χ2n) is 7.02. The molecule has 2 aromatic carbocycles. The highest BCUT2D eigenvalue weighted by Gasteiger charge is 2.15. The van der Waals surface area contributed by atoms with Gasteiger partial charge in [-0.1, -0.05) is 35.9 Å². The number of nitrogens with zero attached hydrogens (tertiary/aromatic N) is 3. The van der Waals surface area contributed by atoms with Gasteiger partial charge < -0.3 is 9.15 Å². The number of pyridine rings is 3. The second kappa shape index (κ2) is 6.40. The summed E-state index contributed by atoms with van der Waals surface area (Å²) in [5, 5.41) is 3.29. The molecule has 0 saturated carbocycles. The zero-order valence-corrected chi connectivity index (χ0v) is 16.6. The number of furan rings is 1. The third-order valence-corrected chi connectivity index (χ3v) is 5.48. The quantitative estimate of drug-likeness (QED) is 0.243. The molecule has 0 fully saturated rings. The van der Waals surface area contributed by atoms with Crippen LogP contribution in [0, 0.1) is 0 Å². The summed E-state index contributed by atoms with van der Waals surface area (Å²) in [5.74, 6) is 0.729. The molecule has 6 aromatic rings. The van der Waals surface area contributed by atoms with Gasteiger partial charge in [0, 0.05) is 10.8 Å². The molecule has 0 radical (unpaired) electrons. The smallest absolute Gasteiger partial charge is 0.154 e. The first-order chi connectivity index (χ1) is 14.7. The van der Waals surface area contributed by atoms with E-state index in [4.69, 9.17) is 30.7 Å². The lowest BCUT2D eigenvalue weighted by Crippen LogP contribution is -1.91. The maximum absolute atomic E-state index is 6.14. The molecule has 0 atom stereocenters. The molecule has 4 aromatic heterocycles. The van der Waals surface area contributed by atoms with E-state index >= 15 is 0 Å². The summed E-state index contributed by atoms with van der Waals surface area (Å²) >= 11 is 6.14. The minimum absolute atomic E-state index is 0.443. The molecular formula is C24H14ClN3O2. The highest BCUT2D eigenvalue weighted by atomic mass is 35.5. The largest absolute Gasteiger partial charge is 0.496 e. The molecule has 0 N–H and O–H groups in total. The Morgan fingerprint density at radius 3 is 2.17 bits per heavy atom. The van der Waals surface area contributed by atoms with Crippen molar-refractivity contribution in [2.24, 2.45) is 0 Å². The lowest BCUT2D eigenvalue weighted by Gasteiger charge is -2.06. The molecule has 0 unspecified atom stereocenters. The zero-order chi connectivity index (χ0) is 20.2. The van der Waals surface area contributed by atoms with Gasteiger partial charge in [0.1, 0.15) is 22.0 Å². The third kappa shape index (κ3) is 2.52. The minimum atomic E-state index is 0.443. The highest BCUT2D eigenvalue weighted by Crippen LogP contribution is 2.35. The first kappa shape index (κ1) is 17.2. The highest BCUT2D eigenvalue weighted by molar-refractivity contribution is 6.30. The molecule has 30 heavy (non-hydrogen) atoms. The number of fused-ring (bicyclic) bond motifs is 6. The van der Waals surface area contributed by atoms with Gasteiger partial charge in [0.2, 0.25) is 0 Å². The van der Waals surface area contributed by atoms with E-state index in [9.17, 15) is 0 Å². The number of methoxy groups -OCH3 is 1. The van der Waals surface area contributed by atoms with E-state index in [1.54, 1.807) is 13.2 Å². The fourth-order valence-electron chi connectivity index (χ4n) is 3.86. The van der Waals surface area contributed by atoms with E-state index in [2.05, 4.69) is 4.98 Å². The molecule has 0 aliphatic heterocycles. The van der Waals surface area contributed by atoms with Crippen LogP contribution in [0.5, 0.6) is 5.75 Å². The standard InChI is InChI=1S/C24H14ClN3O2/c1-29-17-3-2-4-18-21(17)24-19(30-18)11-10-16(27-24)15-9-7-13-5-6-14-8-12-20(25)28-23(14)22(13)26-15/h2-12H,1H3. The van der Waals surface area contributed by atoms with E-state index in [-0.39, 0.29) is 0 Å². The Balaban J connectivity index is 1.62. The fourth-order valence-corrected chi connectivity index (χ4v) is 4.00. The molecule has 5 nitrogen and oxygen atoms in total. The predicted octanol–water partition coefficient (Wildman–Crippen LogP) is 6.41. The van der Waals surface area contributed by atoms with Gasteiger partial charge in [0.15, 0.2) is 5.58 Å². The Bertz CT molecular complexity index is 1610. The van der Waals surface area contributed by atoms with Gasteiger partial charge in [-0.25, -0.2) is 15.0 Å². The van der Waals surface area contributed by atoms with Crippen LogP contribution >= 0.6 is 11.6 Å². The van der Waals surface area contributed by atoms with Crippen LogP contribution in [-0.4, -0.2) is 22.1 Å². The monoisotopic (exact) mass is 411 g/mol. The van der Waals surface area contributed by atoms with Crippen LogP contribution < -0.4 is 4.74 Å². The minimum Gasteiger partial charge on any atom is -0.496 e. The molecular weight excluding hydrogens is 398 g/mol. The summed E-state index contributed by atoms with van der Waals surface area (Å²) in [6.07, 6.45) is 0. The van der Waals surface area contributed by atoms with E-state index in [0.717, 1.165) is 55.4 Å². The normalized spacial score (nSPS) is 11.7. The van der Waals surface area contributed by atoms with Crippen molar-refractivity contribution in [3.63, 3.8) is 0 Å². The summed E-state index contributed by atoms with van der Waals surface area (Å²) < 4.78 is 11.5. The van der Waals surface area contributed by atoms with Crippen LogP contribution in [0.4, 0.5) is 0 Å². The van der Waals surface area contributed by atoms with E-state index in [0.29, 0.717) is 10.7 Å². The topological polar surface area (TPSA) is 61.0 Å². The van der Waals surface area contributed by atoms with Crippen molar-refractivity contribution in [2.75, 3.05) is 7.11 Å². The van der Waals surface area contributed by atoms with Crippen molar-refractivity contribution in [1.29, 1.82) is 0 Å². The summed E-state index contributed by atoms with van der Waals surface area (Å²) in [4.78, 5) is 14.2. The molecule has 0 aliphatic rings. The Labute approximate surface area is 175 Å². The Morgan fingerprint density at radius 1 is 0.700 bits per heavy atom. The summed E-state index contributed by atoms with van der Waals surface area (Å²) in [6.45, 7) is 0. The van der Waals surface area contributed by atoms with Crippen LogP contribution in [0.1, 0.15) is 0 Å². The molecule has 6 heteroatoms. The van der Waals surface area contributed by atoms with Gasteiger partial charge in [-0.2, -0.15) is 0 Å². The Kier molecular flexibility index (Phi) is 3.67. The predicted molar refractivity (Wildman–Crippen MR) is 119 cm³/mol. The first-order valence-electron chi connectivity index (χ1n) is 9.44. The van der Waals surface area contributed by atoms with Gasteiger partial charge in [0.05, 0.1) is 34.9 Å². The van der Waals surface area contributed by atoms with Crippen LogP contribution in [0.25, 0.3) is 55.3 Å². The molecule has 0 aliphatic carbocycles. The lowest BCUT2D eigenvalue weighted by molar-refractivity contribution is 0.420. The van der Waals surface area contributed by atoms with Crippen molar-refractivity contribution in [3.8, 4) is 17.1 Å². The number of ether oxygens (including phenoxy) is 1. The number of hydrogen-bond acceptors (Lipinski definition) is 5. The summed E-state index contributed by atoms with van der Waals surface area (Å²) in [7, 11) is 1.64. The van der Waals surface area contributed by atoms with Crippen LogP contribution in [0.15, 0.2) is 71.1 Å². The Hall–Kier alpha value is -3.70. The summed E-state index contributed by atoms with van der Waals surface area (Å²) in [5.41, 5.74) is 5.27. The Morgan fingerprint density at radius 2 is 1.37 bits per heavy atom. The van der Waals surface area contributed by atoms with Crippen molar-refractivity contribution < 1.29 is 9.15 Å². The molecule has 0 bridgehead atoms. The van der Waals surface area contributed by atoms with Crippen molar-refractivity contribution in [3.05, 3.63) is 71.9 Å². The van der Waals surface area contributed by atoms with Crippen LogP contribution in [0.3, 0.4) is 0 Å². The number of benzene rings is 2. The average Bonchev–Trinajstić information content (AvgIpc) is 3.16. The average molecular weight is 412 g/mol. The maximum atomic E-state index is 6.14. The van der Waals surface area contributed by atoms with E-state index in [1.165, 1.54) is 0 Å². The van der Waals surface area contributed by atoms with Gasteiger partial charge in [-0.3, -0.25) is 0 Å². The molecule has 4 heterocycles. The van der Waals surface area contributed by atoms with E-state index in [1.807, 2.05) is 60.7 Å². The van der Waals surface area contributed by atoms with E-state index < -0.39 is 0 Å². The van der Waals surface area contributed by atoms with Crippen molar-refractivity contribution >= 4 is 55.5 Å². The molecule has 0 amide bonds. The van der Waals surface area contributed by atoms with Gasteiger partial charge >= 0.3 is 0 Å². The van der Waals surface area contributed by atoms with Crippen molar-refractivity contribution in [1.82, 2.24) is 15.0 Å². The zero-order valence-electron chi connectivity index (χ0n) is 15.9. The fraction of sp³-hybridized carbons (Fsp3) is 0.0417. The number of aromatic nitrogens is 3. The lowest BCUT2D eigenvalue weighted by atomic mass is 10.1. The first-order valence-corrected chi connectivity index (χ1v) is 9.82. The molecule has 6 rings (SSSR count). The number of halogens is 1. The molecule has 144 valence electrons. The second-order valence-corrected chi connectivity index (χ2v) is 7.41. The maximum Gasteiger partial charge on any atom is 0.154 e. The number of hydrogen-bond donors (Lipinski definition) is 0. The van der Waals surface area contributed by atoms with Crippen molar-refractivity contribution in [2.45, 2.75) is 0 Å². The molecule has 0 spiro atoms. The SMILES string of the molecule is COc1cccc2oc3ccc(-c4ccc5ccc6ccc(Cl)nc6c5n4)nc3c12. The molecule has 0 saturated heterocycles.